The van der Waals surface area contributed by atoms with Gasteiger partial charge in [0.05, 0.1) is 5.39 Å². The van der Waals surface area contributed by atoms with E-state index in [0.717, 1.165) is 23.3 Å². The Labute approximate surface area is 155 Å². The van der Waals surface area contributed by atoms with Gasteiger partial charge in [-0.25, -0.2) is 9.37 Å². The number of thiophene rings is 1. The first kappa shape index (κ1) is 16.4. The molecule has 0 radical (unpaired) electrons. The number of nitrogens with zero attached hydrogens (tertiary/aromatic N) is 1. The maximum atomic E-state index is 13.1. The van der Waals surface area contributed by atoms with Gasteiger partial charge in [0.15, 0.2) is 5.16 Å². The SMILES string of the molecule is O=c1[nH]c(SC[C@@H]2CC2(Cl)Cl)nc2scc(-c3ccc(F)cc3)c12. The van der Waals surface area contributed by atoms with Crippen LogP contribution in [0.1, 0.15) is 6.42 Å². The highest BCUT2D eigenvalue weighted by Crippen LogP contribution is 2.54. The van der Waals surface area contributed by atoms with Crippen molar-refractivity contribution in [2.75, 3.05) is 5.75 Å². The van der Waals surface area contributed by atoms with Gasteiger partial charge in [0.2, 0.25) is 0 Å². The summed E-state index contributed by atoms with van der Waals surface area (Å²) in [6.07, 6.45) is 0.767. The fraction of sp³-hybridized carbons (Fsp3) is 0.250. The van der Waals surface area contributed by atoms with Crippen molar-refractivity contribution in [1.82, 2.24) is 9.97 Å². The lowest BCUT2D eigenvalue weighted by Crippen LogP contribution is -2.09. The van der Waals surface area contributed by atoms with Crippen LogP contribution in [-0.4, -0.2) is 20.1 Å². The van der Waals surface area contributed by atoms with Gasteiger partial charge in [-0.05, 0) is 24.1 Å². The summed E-state index contributed by atoms with van der Waals surface area (Å²) in [5.74, 6) is 0.640. The molecule has 0 amide bonds. The van der Waals surface area contributed by atoms with Crippen molar-refractivity contribution in [1.29, 1.82) is 0 Å². The number of hydrogen-bond acceptors (Lipinski definition) is 4. The third-order valence-corrected chi connectivity index (χ3v) is 6.79. The number of aromatic amines is 1. The summed E-state index contributed by atoms with van der Waals surface area (Å²) >= 11 is 14.9. The Balaban J connectivity index is 1.65. The average Bonchev–Trinajstić information content (AvgIpc) is 2.94. The van der Waals surface area contributed by atoms with Crippen LogP contribution in [0.2, 0.25) is 0 Å². The van der Waals surface area contributed by atoms with Crippen molar-refractivity contribution in [3.63, 3.8) is 0 Å². The summed E-state index contributed by atoms with van der Waals surface area (Å²) in [6, 6.07) is 6.08. The van der Waals surface area contributed by atoms with E-state index in [1.807, 2.05) is 5.38 Å². The first-order valence-electron chi connectivity index (χ1n) is 7.22. The Bertz CT molecular complexity index is 968. The average molecular weight is 401 g/mol. The lowest BCUT2D eigenvalue weighted by Gasteiger charge is -2.02. The number of thioether (sulfide) groups is 1. The summed E-state index contributed by atoms with van der Waals surface area (Å²) in [4.78, 5) is 20.5. The molecule has 1 aromatic carbocycles. The van der Waals surface area contributed by atoms with E-state index in [9.17, 15) is 9.18 Å². The maximum absolute atomic E-state index is 13.1. The van der Waals surface area contributed by atoms with Crippen LogP contribution in [0.15, 0.2) is 39.6 Å². The molecule has 2 aromatic heterocycles. The van der Waals surface area contributed by atoms with Crippen molar-refractivity contribution in [3.8, 4) is 11.1 Å². The van der Waals surface area contributed by atoms with Gasteiger partial charge in [-0.15, -0.1) is 34.5 Å². The van der Waals surface area contributed by atoms with Crippen LogP contribution in [0.4, 0.5) is 4.39 Å². The molecule has 4 rings (SSSR count). The summed E-state index contributed by atoms with van der Waals surface area (Å²) in [5.41, 5.74) is 1.37. The Hall–Kier alpha value is -1.08. The van der Waals surface area contributed by atoms with Gasteiger partial charge in [0.1, 0.15) is 15.0 Å². The lowest BCUT2D eigenvalue weighted by atomic mass is 10.1. The lowest BCUT2D eigenvalue weighted by molar-refractivity contribution is 0.628. The zero-order valence-corrected chi connectivity index (χ0v) is 15.3. The Morgan fingerprint density at radius 2 is 2.08 bits per heavy atom. The van der Waals surface area contributed by atoms with Crippen LogP contribution >= 0.6 is 46.3 Å². The van der Waals surface area contributed by atoms with E-state index in [-0.39, 0.29) is 17.3 Å². The number of nitrogens with one attached hydrogen (secondary N) is 1. The van der Waals surface area contributed by atoms with Crippen molar-refractivity contribution in [2.24, 2.45) is 5.92 Å². The van der Waals surface area contributed by atoms with Gasteiger partial charge in [-0.1, -0.05) is 23.9 Å². The van der Waals surface area contributed by atoms with Gasteiger partial charge < -0.3 is 4.98 Å². The number of halogens is 3. The van der Waals surface area contributed by atoms with E-state index in [0.29, 0.717) is 15.4 Å². The fourth-order valence-corrected chi connectivity index (χ4v) is 5.27. The highest BCUT2D eigenvalue weighted by molar-refractivity contribution is 7.99. The first-order chi connectivity index (χ1) is 11.4. The monoisotopic (exact) mass is 400 g/mol. The van der Waals surface area contributed by atoms with Gasteiger partial charge >= 0.3 is 0 Å². The molecular formula is C16H11Cl2FN2OS2. The van der Waals surface area contributed by atoms with Crippen LogP contribution in [-0.2, 0) is 0 Å². The molecule has 0 aliphatic heterocycles. The van der Waals surface area contributed by atoms with E-state index in [2.05, 4.69) is 9.97 Å². The molecule has 8 heteroatoms. The van der Waals surface area contributed by atoms with Crippen LogP contribution in [0, 0.1) is 11.7 Å². The summed E-state index contributed by atoms with van der Waals surface area (Å²) in [6.45, 7) is 0. The van der Waals surface area contributed by atoms with Crippen LogP contribution in [0.5, 0.6) is 0 Å². The Morgan fingerprint density at radius 3 is 2.75 bits per heavy atom. The minimum absolute atomic E-state index is 0.193. The number of alkyl halides is 2. The summed E-state index contributed by atoms with van der Waals surface area (Å²) < 4.78 is 12.5. The minimum Gasteiger partial charge on any atom is -0.301 e. The second-order valence-electron chi connectivity index (χ2n) is 5.68. The van der Waals surface area contributed by atoms with E-state index < -0.39 is 4.33 Å². The van der Waals surface area contributed by atoms with E-state index in [1.165, 1.54) is 35.2 Å². The summed E-state index contributed by atoms with van der Waals surface area (Å²) in [7, 11) is 0. The molecule has 2 heterocycles. The van der Waals surface area contributed by atoms with Crippen molar-refractivity contribution in [2.45, 2.75) is 15.9 Å². The first-order valence-corrected chi connectivity index (χ1v) is 9.84. The highest BCUT2D eigenvalue weighted by atomic mass is 35.5. The number of rotatable bonds is 4. The van der Waals surface area contributed by atoms with Gasteiger partial charge in [-0.3, -0.25) is 4.79 Å². The molecule has 0 bridgehead atoms. The molecule has 0 unspecified atom stereocenters. The van der Waals surface area contributed by atoms with E-state index in [4.69, 9.17) is 23.2 Å². The predicted octanol–water partition coefficient (Wildman–Crippen LogP) is 5.08. The predicted molar refractivity (Wildman–Crippen MR) is 98.9 cm³/mol. The van der Waals surface area contributed by atoms with Crippen LogP contribution in [0.25, 0.3) is 21.3 Å². The third-order valence-electron chi connectivity index (χ3n) is 3.95. The molecular weight excluding hydrogens is 390 g/mol. The van der Waals surface area contributed by atoms with Crippen molar-refractivity contribution >= 4 is 56.5 Å². The molecule has 1 N–H and O–H groups in total. The molecule has 3 nitrogen and oxygen atoms in total. The molecule has 0 saturated heterocycles. The molecule has 1 aliphatic rings. The molecule has 1 fully saturated rings. The second kappa shape index (κ2) is 6.02. The van der Waals surface area contributed by atoms with E-state index >= 15 is 0 Å². The van der Waals surface area contributed by atoms with Gasteiger partial charge in [0.25, 0.3) is 5.56 Å². The van der Waals surface area contributed by atoms with Gasteiger partial charge in [0, 0.05) is 22.6 Å². The quantitative estimate of drug-likeness (QED) is 0.377. The Kier molecular flexibility index (Phi) is 4.11. The standard InChI is InChI=1S/C16H11Cl2FN2OS2/c17-16(18)5-9(16)6-24-15-20-13(22)12-11(7-23-14(12)21-15)8-1-3-10(19)4-2-8/h1-4,7,9H,5-6H2,(H,20,21,22)/t9-/m0/s1. The minimum atomic E-state index is -0.629. The molecule has 1 atom stereocenters. The highest BCUT2D eigenvalue weighted by Gasteiger charge is 2.51. The normalized spacial score (nSPS) is 18.9. The molecule has 124 valence electrons. The van der Waals surface area contributed by atoms with Crippen molar-refractivity contribution < 1.29 is 4.39 Å². The molecule has 0 spiro atoms. The largest absolute Gasteiger partial charge is 0.301 e. The fourth-order valence-electron chi connectivity index (χ4n) is 2.47. The number of hydrogen-bond donors (Lipinski definition) is 1. The van der Waals surface area contributed by atoms with Crippen molar-refractivity contribution in [3.05, 3.63) is 45.8 Å². The molecule has 1 aliphatic carbocycles. The Morgan fingerprint density at radius 1 is 1.38 bits per heavy atom. The smallest absolute Gasteiger partial charge is 0.260 e. The number of H-pyrrole nitrogens is 1. The van der Waals surface area contributed by atoms with Gasteiger partial charge in [-0.2, -0.15) is 0 Å². The summed E-state index contributed by atoms with van der Waals surface area (Å²) in [5, 5.41) is 2.97. The number of benzene rings is 1. The van der Waals surface area contributed by atoms with Crippen LogP contribution in [0.3, 0.4) is 0 Å². The maximum Gasteiger partial charge on any atom is 0.260 e. The zero-order valence-electron chi connectivity index (χ0n) is 12.2. The number of aromatic nitrogens is 2. The topological polar surface area (TPSA) is 45.8 Å². The molecule has 1 saturated carbocycles. The number of fused-ring (bicyclic) bond motifs is 1. The second-order valence-corrected chi connectivity index (χ2v) is 9.09. The third kappa shape index (κ3) is 3.08. The molecule has 24 heavy (non-hydrogen) atoms. The van der Waals surface area contributed by atoms with Crippen LogP contribution < -0.4 is 5.56 Å². The zero-order chi connectivity index (χ0) is 16.9. The molecule has 3 aromatic rings. The van der Waals surface area contributed by atoms with E-state index in [1.54, 1.807) is 12.1 Å².